The van der Waals surface area contributed by atoms with Crippen LogP contribution in [0.25, 0.3) is 10.8 Å². The first-order valence-electron chi connectivity index (χ1n) is 3.97. The Morgan fingerprint density at radius 1 is 0.786 bits per heavy atom. The van der Waals surface area contributed by atoms with Gasteiger partial charge in [-0.3, -0.25) is 0 Å². The monoisotopic (exact) mass is 192 g/mol. The minimum atomic E-state index is -0.416. The van der Waals surface area contributed by atoms with Crippen LogP contribution in [0.15, 0.2) is 24.3 Å². The molecule has 0 aromatic heterocycles. The smallest absolute Gasteiger partial charge is 0.165 e. The molecule has 4 N–H and O–H groups in total. The Hall–Kier alpha value is -2.10. The fourth-order valence-electron chi connectivity index (χ4n) is 1.41. The van der Waals surface area contributed by atoms with Crippen molar-refractivity contribution in [3.63, 3.8) is 0 Å². The Morgan fingerprint density at radius 3 is 2.21 bits per heavy atom. The molecule has 4 heteroatoms. The maximum absolute atomic E-state index is 9.43. The Morgan fingerprint density at radius 2 is 1.50 bits per heavy atom. The third-order valence-electron chi connectivity index (χ3n) is 2.07. The van der Waals surface area contributed by atoms with E-state index in [0.717, 1.165) is 6.07 Å². The zero-order valence-corrected chi connectivity index (χ0v) is 7.10. The molecule has 0 unspecified atom stereocenters. The molecule has 0 bridgehead atoms. The average molecular weight is 192 g/mol. The second kappa shape index (κ2) is 2.70. The van der Waals surface area contributed by atoms with E-state index in [-0.39, 0.29) is 28.0 Å². The SMILES string of the molecule is Oc1cc(O)c2c(O)cccc2c1O. The molecule has 0 atom stereocenters. The molecule has 0 saturated carbocycles. The van der Waals surface area contributed by atoms with Crippen molar-refractivity contribution in [3.05, 3.63) is 24.3 Å². The first-order valence-corrected chi connectivity index (χ1v) is 3.97. The van der Waals surface area contributed by atoms with Crippen molar-refractivity contribution in [3.8, 4) is 23.0 Å². The summed E-state index contributed by atoms with van der Waals surface area (Å²) in [6.07, 6.45) is 0. The van der Waals surface area contributed by atoms with Crippen LogP contribution in [0.2, 0.25) is 0 Å². The van der Waals surface area contributed by atoms with Crippen molar-refractivity contribution in [1.82, 2.24) is 0 Å². The third-order valence-corrected chi connectivity index (χ3v) is 2.07. The third kappa shape index (κ3) is 1.01. The number of benzene rings is 2. The highest BCUT2D eigenvalue weighted by Gasteiger charge is 2.12. The van der Waals surface area contributed by atoms with E-state index in [0.29, 0.717) is 0 Å². The molecule has 14 heavy (non-hydrogen) atoms. The van der Waals surface area contributed by atoms with Gasteiger partial charge in [0.1, 0.15) is 11.5 Å². The summed E-state index contributed by atoms with van der Waals surface area (Å²) in [7, 11) is 0. The van der Waals surface area contributed by atoms with E-state index >= 15 is 0 Å². The Kier molecular flexibility index (Phi) is 1.64. The molecule has 2 rings (SSSR count). The van der Waals surface area contributed by atoms with Crippen molar-refractivity contribution in [2.24, 2.45) is 0 Å². The van der Waals surface area contributed by atoms with Crippen LogP contribution in [0.4, 0.5) is 0 Å². The molecule has 2 aromatic rings. The number of hydrogen-bond acceptors (Lipinski definition) is 4. The summed E-state index contributed by atoms with van der Waals surface area (Å²) in [5.74, 6) is -1.18. The van der Waals surface area contributed by atoms with E-state index in [4.69, 9.17) is 0 Å². The highest BCUT2D eigenvalue weighted by atomic mass is 16.3. The number of phenols is 4. The predicted molar refractivity (Wildman–Crippen MR) is 50.6 cm³/mol. The van der Waals surface area contributed by atoms with Crippen LogP contribution in [-0.4, -0.2) is 20.4 Å². The summed E-state index contributed by atoms with van der Waals surface area (Å²) in [5.41, 5.74) is 0. The van der Waals surface area contributed by atoms with Gasteiger partial charge in [-0.2, -0.15) is 0 Å². The van der Waals surface area contributed by atoms with Crippen LogP contribution in [-0.2, 0) is 0 Å². The zero-order valence-electron chi connectivity index (χ0n) is 7.10. The van der Waals surface area contributed by atoms with Crippen LogP contribution in [0.5, 0.6) is 23.0 Å². The fourth-order valence-corrected chi connectivity index (χ4v) is 1.41. The minimum Gasteiger partial charge on any atom is -0.507 e. The molecule has 72 valence electrons. The molecule has 2 aromatic carbocycles. The van der Waals surface area contributed by atoms with Gasteiger partial charge < -0.3 is 20.4 Å². The van der Waals surface area contributed by atoms with Gasteiger partial charge in [0.2, 0.25) is 0 Å². The first-order chi connectivity index (χ1) is 6.61. The number of fused-ring (bicyclic) bond motifs is 1. The summed E-state index contributed by atoms with van der Waals surface area (Å²) >= 11 is 0. The summed E-state index contributed by atoms with van der Waals surface area (Å²) in [5, 5.41) is 37.8. The average Bonchev–Trinajstić information content (AvgIpc) is 2.14. The Labute approximate surface area is 79.3 Å². The molecule has 0 spiro atoms. The van der Waals surface area contributed by atoms with Gasteiger partial charge >= 0.3 is 0 Å². The number of phenolic OH excluding ortho intramolecular Hbond substituents is 4. The highest BCUT2D eigenvalue weighted by molar-refractivity contribution is 5.98. The minimum absolute atomic E-state index is 0.128. The van der Waals surface area contributed by atoms with E-state index in [9.17, 15) is 20.4 Å². The van der Waals surface area contributed by atoms with E-state index in [1.807, 2.05) is 0 Å². The number of aromatic hydroxyl groups is 4. The van der Waals surface area contributed by atoms with Crippen molar-refractivity contribution in [1.29, 1.82) is 0 Å². The molecule has 0 fully saturated rings. The van der Waals surface area contributed by atoms with Crippen LogP contribution in [0.3, 0.4) is 0 Å². The van der Waals surface area contributed by atoms with E-state index in [1.165, 1.54) is 18.2 Å². The van der Waals surface area contributed by atoms with Crippen LogP contribution in [0.1, 0.15) is 0 Å². The number of hydrogen-bond donors (Lipinski definition) is 4. The summed E-state index contributed by atoms with van der Waals surface area (Å²) in [4.78, 5) is 0. The molecule has 0 radical (unpaired) electrons. The molecular formula is C10H8O4. The van der Waals surface area contributed by atoms with Crippen LogP contribution in [0, 0.1) is 0 Å². The molecule has 0 amide bonds. The van der Waals surface area contributed by atoms with Crippen molar-refractivity contribution in [2.75, 3.05) is 0 Å². The van der Waals surface area contributed by atoms with Gasteiger partial charge in [0.25, 0.3) is 0 Å². The van der Waals surface area contributed by atoms with Gasteiger partial charge in [-0.15, -0.1) is 0 Å². The lowest BCUT2D eigenvalue weighted by Crippen LogP contribution is -1.78. The maximum atomic E-state index is 9.43. The normalized spacial score (nSPS) is 10.6. The molecule has 0 heterocycles. The number of rotatable bonds is 0. The first kappa shape index (κ1) is 8.50. The molecule has 0 aliphatic carbocycles. The molecule has 4 nitrogen and oxygen atoms in total. The van der Waals surface area contributed by atoms with E-state index < -0.39 is 5.75 Å². The largest absolute Gasteiger partial charge is 0.507 e. The summed E-state index contributed by atoms with van der Waals surface area (Å²) in [6, 6.07) is 5.37. The lowest BCUT2D eigenvalue weighted by molar-refractivity contribution is 0.401. The van der Waals surface area contributed by atoms with Crippen molar-refractivity contribution in [2.45, 2.75) is 0 Å². The van der Waals surface area contributed by atoms with E-state index in [1.54, 1.807) is 0 Å². The van der Waals surface area contributed by atoms with Crippen LogP contribution >= 0.6 is 0 Å². The predicted octanol–water partition coefficient (Wildman–Crippen LogP) is 1.66. The van der Waals surface area contributed by atoms with Gasteiger partial charge in [-0.25, -0.2) is 0 Å². The Bertz CT molecular complexity index is 505. The molecule has 0 aliphatic heterocycles. The van der Waals surface area contributed by atoms with Gasteiger partial charge in [-0.05, 0) is 6.07 Å². The standard InChI is InChI=1S/C10H8O4/c11-6-3-1-2-5-9(6)7(12)4-8(13)10(5)14/h1-4,11-14H. The highest BCUT2D eigenvalue weighted by Crippen LogP contribution is 2.42. The van der Waals surface area contributed by atoms with Crippen molar-refractivity contribution < 1.29 is 20.4 Å². The molecule has 0 saturated heterocycles. The fraction of sp³-hybridized carbons (Fsp3) is 0. The second-order valence-electron chi connectivity index (χ2n) is 2.96. The second-order valence-corrected chi connectivity index (χ2v) is 2.96. The lowest BCUT2D eigenvalue weighted by Gasteiger charge is -2.06. The molecule has 0 aliphatic rings. The van der Waals surface area contributed by atoms with E-state index in [2.05, 4.69) is 0 Å². The quantitative estimate of drug-likeness (QED) is 0.378. The summed E-state index contributed by atoms with van der Waals surface area (Å²) in [6.45, 7) is 0. The van der Waals surface area contributed by atoms with Crippen LogP contribution < -0.4 is 0 Å². The topological polar surface area (TPSA) is 80.9 Å². The maximum Gasteiger partial charge on any atom is 0.165 e. The van der Waals surface area contributed by atoms with Gasteiger partial charge in [0, 0.05) is 11.5 Å². The molecular weight excluding hydrogens is 184 g/mol. The van der Waals surface area contributed by atoms with Crippen molar-refractivity contribution >= 4 is 10.8 Å². The summed E-state index contributed by atoms with van der Waals surface area (Å²) < 4.78 is 0. The van der Waals surface area contributed by atoms with Gasteiger partial charge in [0.15, 0.2) is 11.5 Å². The van der Waals surface area contributed by atoms with Gasteiger partial charge in [0.05, 0.1) is 5.39 Å². The Balaban J connectivity index is 3.02. The zero-order chi connectivity index (χ0) is 10.3. The van der Waals surface area contributed by atoms with Gasteiger partial charge in [-0.1, -0.05) is 12.1 Å². The lowest BCUT2D eigenvalue weighted by atomic mass is 10.1.